The average molecular weight is 652 g/mol. The van der Waals surface area contributed by atoms with Crippen molar-refractivity contribution >= 4 is 42.5 Å². The second kappa shape index (κ2) is 9.35. The molecule has 177 valence electrons. The van der Waals surface area contributed by atoms with Crippen molar-refractivity contribution in [2.24, 2.45) is 0 Å². The summed E-state index contributed by atoms with van der Waals surface area (Å²) in [7, 11) is 0. The van der Waals surface area contributed by atoms with E-state index in [1.807, 2.05) is 23.5 Å². The van der Waals surface area contributed by atoms with Crippen molar-refractivity contribution in [2.75, 3.05) is 0 Å². The van der Waals surface area contributed by atoms with E-state index < -0.39 is 0 Å². The summed E-state index contributed by atoms with van der Waals surface area (Å²) in [6.45, 7) is 9.22. The summed E-state index contributed by atoms with van der Waals surface area (Å²) >= 11 is 1.90. The fourth-order valence-electron chi connectivity index (χ4n) is 5.03. The molecule has 4 aromatic carbocycles. The van der Waals surface area contributed by atoms with Gasteiger partial charge in [-0.05, 0) is 41.2 Å². The maximum absolute atomic E-state index is 5.11. The Labute approximate surface area is 224 Å². The van der Waals surface area contributed by atoms with E-state index >= 15 is 0 Å². The molecule has 0 aliphatic carbocycles. The number of nitrogens with zero attached hydrogens (tertiary/aromatic N) is 2. The Morgan fingerprint density at radius 2 is 1.54 bits per heavy atom. The molecule has 0 aliphatic heterocycles. The number of fused-ring (bicyclic) bond motifs is 4. The van der Waals surface area contributed by atoms with Crippen molar-refractivity contribution in [3.8, 4) is 17.1 Å². The topological polar surface area (TPSA) is 17.8 Å². The van der Waals surface area contributed by atoms with Crippen LogP contribution in [-0.2, 0) is 20.1 Å². The number of rotatable bonds is 4. The SMILES string of the molecule is CC(C)c1cc(C(C)C)c2c(sc3ccccc32)c1-n1c(-c2[c-]cccc2)nc2ccccc21.[Ir]. The van der Waals surface area contributed by atoms with Gasteiger partial charge in [0, 0.05) is 35.6 Å². The van der Waals surface area contributed by atoms with E-state index in [0.717, 1.165) is 22.4 Å². The molecular weight excluding hydrogens is 625 g/mol. The fourth-order valence-corrected chi connectivity index (χ4v) is 6.31. The van der Waals surface area contributed by atoms with Crippen LogP contribution in [0.25, 0.3) is 48.3 Å². The fraction of sp³-hybridized carbons (Fsp3) is 0.194. The molecule has 0 bridgehead atoms. The molecule has 2 nitrogen and oxygen atoms in total. The molecule has 35 heavy (non-hydrogen) atoms. The summed E-state index contributed by atoms with van der Waals surface area (Å²) in [6, 6.07) is 31.3. The molecule has 0 amide bonds. The molecule has 0 fully saturated rings. The van der Waals surface area contributed by atoms with E-state index in [9.17, 15) is 0 Å². The first-order valence-electron chi connectivity index (χ1n) is 12.0. The van der Waals surface area contributed by atoms with Crippen molar-refractivity contribution < 1.29 is 20.1 Å². The molecular formula is C31H27IrN2S-. The monoisotopic (exact) mass is 652 g/mol. The Bertz CT molecular complexity index is 1660. The Balaban J connectivity index is 0.00000253. The zero-order valence-corrected chi connectivity index (χ0v) is 23.5. The molecule has 4 heteroatoms. The predicted octanol–water partition coefficient (Wildman–Crippen LogP) is 9.10. The zero-order chi connectivity index (χ0) is 23.4. The van der Waals surface area contributed by atoms with Gasteiger partial charge in [-0.25, -0.2) is 0 Å². The summed E-state index contributed by atoms with van der Waals surface area (Å²) in [5, 5.41) is 2.73. The quantitative estimate of drug-likeness (QED) is 0.174. The number of hydrogen-bond donors (Lipinski definition) is 0. The van der Waals surface area contributed by atoms with Crippen molar-refractivity contribution in [3.63, 3.8) is 0 Å². The summed E-state index contributed by atoms with van der Waals surface area (Å²) in [6.07, 6.45) is 0. The second-order valence-corrected chi connectivity index (χ2v) is 10.6. The smallest absolute Gasteiger partial charge is 0.0774 e. The van der Waals surface area contributed by atoms with Gasteiger partial charge in [0.1, 0.15) is 0 Å². The van der Waals surface area contributed by atoms with Gasteiger partial charge in [-0.3, -0.25) is 4.98 Å². The Morgan fingerprint density at radius 3 is 2.29 bits per heavy atom. The van der Waals surface area contributed by atoms with Crippen LogP contribution in [-0.4, -0.2) is 9.55 Å². The third-order valence-electron chi connectivity index (χ3n) is 6.66. The number of aromatic nitrogens is 2. The number of thiophene rings is 1. The van der Waals surface area contributed by atoms with E-state index in [0.29, 0.717) is 11.8 Å². The van der Waals surface area contributed by atoms with E-state index in [2.05, 4.69) is 105 Å². The molecule has 0 spiro atoms. The molecule has 2 aromatic heterocycles. The van der Waals surface area contributed by atoms with Crippen LogP contribution in [0.3, 0.4) is 0 Å². The van der Waals surface area contributed by atoms with E-state index in [4.69, 9.17) is 4.98 Å². The number of hydrogen-bond acceptors (Lipinski definition) is 2. The normalized spacial score (nSPS) is 11.7. The minimum absolute atomic E-state index is 0. The summed E-state index contributed by atoms with van der Waals surface area (Å²) in [5.41, 5.74) is 7.20. The van der Waals surface area contributed by atoms with Crippen LogP contribution in [0.4, 0.5) is 0 Å². The number of para-hydroxylation sites is 2. The van der Waals surface area contributed by atoms with Gasteiger partial charge in [0.05, 0.1) is 27.2 Å². The summed E-state index contributed by atoms with van der Waals surface area (Å²) in [5.74, 6) is 1.75. The van der Waals surface area contributed by atoms with Gasteiger partial charge < -0.3 is 4.57 Å². The van der Waals surface area contributed by atoms with Crippen molar-refractivity contribution in [2.45, 2.75) is 39.5 Å². The largest absolute Gasteiger partial charge is 0.332 e. The van der Waals surface area contributed by atoms with Gasteiger partial charge in [0.15, 0.2) is 0 Å². The maximum Gasteiger partial charge on any atom is 0.0774 e. The van der Waals surface area contributed by atoms with Crippen molar-refractivity contribution in [3.05, 3.63) is 96.1 Å². The van der Waals surface area contributed by atoms with Crippen LogP contribution in [0.2, 0.25) is 0 Å². The average Bonchev–Trinajstić information content (AvgIpc) is 3.42. The Kier molecular flexibility index (Phi) is 6.39. The van der Waals surface area contributed by atoms with Crippen LogP contribution < -0.4 is 0 Å². The molecule has 2 heterocycles. The number of benzene rings is 4. The number of imidazole rings is 1. The molecule has 6 aromatic rings. The first kappa shape index (κ1) is 23.9. The van der Waals surface area contributed by atoms with Gasteiger partial charge in [0.25, 0.3) is 0 Å². The van der Waals surface area contributed by atoms with Gasteiger partial charge in [0.2, 0.25) is 0 Å². The Morgan fingerprint density at radius 1 is 0.829 bits per heavy atom. The molecule has 6 rings (SSSR count). The molecule has 0 aliphatic rings. The summed E-state index contributed by atoms with van der Waals surface area (Å²) in [4.78, 5) is 5.11. The molecule has 0 atom stereocenters. The standard InChI is InChI=1S/C31H27N2S.Ir/c1-19(2)23-18-24(20(3)4)29(30-28(23)22-14-8-11-17-27(22)34-30)33-26-16-10-9-15-25(26)32-31(33)21-12-6-5-7-13-21;/h5-12,14-20H,1-4H3;/q-1;. The second-order valence-electron chi connectivity index (χ2n) is 9.55. The molecule has 0 unspecified atom stereocenters. The van der Waals surface area contributed by atoms with Gasteiger partial charge in [-0.2, -0.15) is 0 Å². The molecule has 0 saturated carbocycles. The zero-order valence-electron chi connectivity index (χ0n) is 20.3. The van der Waals surface area contributed by atoms with Crippen LogP contribution in [0.15, 0.2) is 78.9 Å². The third kappa shape index (κ3) is 3.85. The minimum atomic E-state index is 0. The van der Waals surface area contributed by atoms with Gasteiger partial charge >= 0.3 is 0 Å². The maximum atomic E-state index is 5.11. The van der Waals surface area contributed by atoms with E-state index in [1.165, 1.54) is 37.0 Å². The molecule has 1 radical (unpaired) electrons. The third-order valence-corrected chi connectivity index (χ3v) is 7.84. The van der Waals surface area contributed by atoms with Crippen LogP contribution in [0.5, 0.6) is 0 Å². The van der Waals surface area contributed by atoms with Crippen molar-refractivity contribution in [1.29, 1.82) is 0 Å². The van der Waals surface area contributed by atoms with Crippen LogP contribution in [0.1, 0.15) is 50.7 Å². The Hall–Kier alpha value is -2.78. The van der Waals surface area contributed by atoms with Crippen LogP contribution in [0, 0.1) is 6.07 Å². The van der Waals surface area contributed by atoms with E-state index in [-0.39, 0.29) is 20.1 Å². The first-order valence-corrected chi connectivity index (χ1v) is 12.8. The van der Waals surface area contributed by atoms with Crippen LogP contribution >= 0.6 is 11.3 Å². The van der Waals surface area contributed by atoms with E-state index in [1.54, 1.807) is 0 Å². The predicted molar refractivity (Wildman–Crippen MR) is 146 cm³/mol. The molecule has 0 saturated heterocycles. The van der Waals surface area contributed by atoms with Gasteiger partial charge in [-0.1, -0.05) is 64.1 Å². The minimum Gasteiger partial charge on any atom is -0.332 e. The first-order chi connectivity index (χ1) is 16.5. The van der Waals surface area contributed by atoms with Gasteiger partial charge in [-0.15, -0.1) is 47.2 Å². The summed E-state index contributed by atoms with van der Waals surface area (Å²) < 4.78 is 5.06. The van der Waals surface area contributed by atoms with Crippen molar-refractivity contribution in [1.82, 2.24) is 9.55 Å². The molecule has 0 N–H and O–H groups in total.